The number of carbonyl (C=O) groups excluding carboxylic acids is 1. The van der Waals surface area contributed by atoms with E-state index in [1.807, 2.05) is 6.20 Å². The largest absolute Gasteiger partial charge is 0.356 e. The predicted molar refractivity (Wildman–Crippen MR) is 74.5 cm³/mol. The van der Waals surface area contributed by atoms with Gasteiger partial charge in [-0.2, -0.15) is 0 Å². The van der Waals surface area contributed by atoms with E-state index in [4.69, 9.17) is 5.73 Å². The van der Waals surface area contributed by atoms with Gasteiger partial charge in [-0.05, 0) is 19.3 Å². The van der Waals surface area contributed by atoms with Gasteiger partial charge in [-0.3, -0.25) is 4.79 Å². The van der Waals surface area contributed by atoms with Crippen LogP contribution in [-0.2, 0) is 11.2 Å². The van der Waals surface area contributed by atoms with Crippen LogP contribution >= 0.6 is 0 Å². The molecule has 0 saturated heterocycles. The molecule has 2 rings (SSSR count). The monoisotopic (exact) mass is 264 g/mol. The van der Waals surface area contributed by atoms with E-state index in [9.17, 15) is 4.79 Å². The minimum Gasteiger partial charge on any atom is -0.356 e. The lowest BCUT2D eigenvalue weighted by atomic mass is 9.94. The minimum atomic E-state index is 0.00566. The standard InChI is InChI=1S/C14H24N4O/c15-12-6-3-1-2-5-11(12)14(19)18-8-4-7-13-16-9-10-17-13/h9-12H,1-8,15H2,(H,16,17)(H,18,19). The second-order valence-electron chi connectivity index (χ2n) is 5.34. The van der Waals surface area contributed by atoms with Gasteiger partial charge in [0.25, 0.3) is 0 Å². The number of amides is 1. The number of hydrogen-bond acceptors (Lipinski definition) is 3. The van der Waals surface area contributed by atoms with E-state index in [0.29, 0.717) is 6.54 Å². The molecular formula is C14H24N4O. The molecule has 1 amide bonds. The van der Waals surface area contributed by atoms with E-state index < -0.39 is 0 Å². The quantitative estimate of drug-likeness (QED) is 0.554. The van der Waals surface area contributed by atoms with Crippen LogP contribution < -0.4 is 11.1 Å². The van der Waals surface area contributed by atoms with Crippen LogP contribution in [0.2, 0.25) is 0 Å². The second kappa shape index (κ2) is 7.28. The molecule has 0 bridgehead atoms. The van der Waals surface area contributed by atoms with Crippen LogP contribution in [0.3, 0.4) is 0 Å². The van der Waals surface area contributed by atoms with Crippen LogP contribution in [0, 0.1) is 5.92 Å². The summed E-state index contributed by atoms with van der Waals surface area (Å²) in [5, 5.41) is 3.01. The molecule has 1 aromatic heterocycles. The molecule has 1 aliphatic carbocycles. The van der Waals surface area contributed by atoms with Gasteiger partial charge in [0.05, 0.1) is 5.92 Å². The third-order valence-electron chi connectivity index (χ3n) is 3.85. The number of hydrogen-bond donors (Lipinski definition) is 3. The number of nitrogens with two attached hydrogens (primary N) is 1. The Balaban J connectivity index is 1.68. The van der Waals surface area contributed by atoms with Gasteiger partial charge < -0.3 is 16.0 Å². The zero-order chi connectivity index (χ0) is 13.5. The molecule has 1 heterocycles. The SMILES string of the molecule is NC1CCCCCC1C(=O)NCCCc1ncc[nH]1. The van der Waals surface area contributed by atoms with Gasteiger partial charge in [0.2, 0.25) is 5.91 Å². The van der Waals surface area contributed by atoms with Crippen molar-refractivity contribution in [3.05, 3.63) is 18.2 Å². The lowest BCUT2D eigenvalue weighted by molar-refractivity contribution is -0.125. The summed E-state index contributed by atoms with van der Waals surface area (Å²) in [5.74, 6) is 1.11. The normalized spacial score (nSPS) is 23.8. The molecular weight excluding hydrogens is 240 g/mol. The molecule has 1 aromatic rings. The molecule has 2 unspecified atom stereocenters. The summed E-state index contributed by atoms with van der Waals surface area (Å²) in [7, 11) is 0. The Hall–Kier alpha value is -1.36. The third kappa shape index (κ3) is 4.35. The van der Waals surface area contributed by atoms with Gasteiger partial charge in [-0.25, -0.2) is 4.98 Å². The highest BCUT2D eigenvalue weighted by molar-refractivity contribution is 5.79. The molecule has 1 fully saturated rings. The molecule has 19 heavy (non-hydrogen) atoms. The van der Waals surface area contributed by atoms with Gasteiger partial charge in [0.15, 0.2) is 0 Å². The Bertz CT molecular complexity index is 377. The van der Waals surface area contributed by atoms with Crippen LogP contribution in [0.15, 0.2) is 12.4 Å². The molecule has 5 nitrogen and oxygen atoms in total. The van der Waals surface area contributed by atoms with Crippen LogP contribution in [0.1, 0.15) is 44.3 Å². The van der Waals surface area contributed by atoms with E-state index in [1.54, 1.807) is 6.20 Å². The Morgan fingerprint density at radius 3 is 3.05 bits per heavy atom. The Morgan fingerprint density at radius 2 is 2.26 bits per heavy atom. The van der Waals surface area contributed by atoms with Crippen LogP contribution in [-0.4, -0.2) is 28.5 Å². The van der Waals surface area contributed by atoms with Crippen LogP contribution in [0.4, 0.5) is 0 Å². The summed E-state index contributed by atoms with van der Waals surface area (Å²) in [6, 6.07) is 0.0348. The van der Waals surface area contributed by atoms with E-state index in [2.05, 4.69) is 15.3 Å². The smallest absolute Gasteiger partial charge is 0.224 e. The number of aromatic amines is 1. The molecule has 4 N–H and O–H groups in total. The van der Waals surface area contributed by atoms with Gasteiger partial charge in [-0.15, -0.1) is 0 Å². The molecule has 0 aliphatic heterocycles. The third-order valence-corrected chi connectivity index (χ3v) is 3.85. The van der Waals surface area contributed by atoms with Crippen molar-refractivity contribution in [1.82, 2.24) is 15.3 Å². The summed E-state index contributed by atoms with van der Waals surface area (Å²) in [5.41, 5.74) is 6.09. The molecule has 0 radical (unpaired) electrons. The Labute approximate surface area is 114 Å². The molecule has 0 spiro atoms. The van der Waals surface area contributed by atoms with Crippen molar-refractivity contribution in [2.75, 3.05) is 6.54 Å². The summed E-state index contributed by atoms with van der Waals surface area (Å²) in [4.78, 5) is 19.3. The number of nitrogens with one attached hydrogen (secondary N) is 2. The highest BCUT2D eigenvalue weighted by Crippen LogP contribution is 2.22. The first-order valence-electron chi connectivity index (χ1n) is 7.29. The number of imidazole rings is 1. The molecule has 1 aliphatic rings. The first kappa shape index (κ1) is 14.1. The summed E-state index contributed by atoms with van der Waals surface area (Å²) < 4.78 is 0. The van der Waals surface area contributed by atoms with Gasteiger partial charge in [0.1, 0.15) is 5.82 Å². The first-order valence-corrected chi connectivity index (χ1v) is 7.29. The molecule has 106 valence electrons. The van der Waals surface area contributed by atoms with E-state index in [1.165, 1.54) is 6.42 Å². The van der Waals surface area contributed by atoms with Crippen molar-refractivity contribution in [2.45, 2.75) is 51.0 Å². The fourth-order valence-corrected chi connectivity index (χ4v) is 2.70. The van der Waals surface area contributed by atoms with Gasteiger partial charge >= 0.3 is 0 Å². The van der Waals surface area contributed by atoms with Crippen molar-refractivity contribution >= 4 is 5.91 Å². The fourth-order valence-electron chi connectivity index (χ4n) is 2.70. The molecule has 5 heteroatoms. The maximum Gasteiger partial charge on any atom is 0.224 e. The number of H-pyrrole nitrogens is 1. The average Bonchev–Trinajstić information content (AvgIpc) is 2.82. The Kier molecular flexibility index (Phi) is 5.39. The zero-order valence-corrected chi connectivity index (χ0v) is 11.4. The topological polar surface area (TPSA) is 83.8 Å². The number of rotatable bonds is 5. The van der Waals surface area contributed by atoms with Gasteiger partial charge in [-0.1, -0.05) is 19.3 Å². The average molecular weight is 264 g/mol. The van der Waals surface area contributed by atoms with Crippen molar-refractivity contribution < 1.29 is 4.79 Å². The fraction of sp³-hybridized carbons (Fsp3) is 0.714. The predicted octanol–water partition coefficient (Wildman–Crippen LogP) is 1.37. The Morgan fingerprint density at radius 1 is 1.42 bits per heavy atom. The van der Waals surface area contributed by atoms with E-state index >= 15 is 0 Å². The van der Waals surface area contributed by atoms with Crippen molar-refractivity contribution in [2.24, 2.45) is 11.7 Å². The van der Waals surface area contributed by atoms with Crippen molar-refractivity contribution in [1.29, 1.82) is 0 Å². The number of aromatic nitrogens is 2. The van der Waals surface area contributed by atoms with E-state index in [0.717, 1.165) is 44.3 Å². The van der Waals surface area contributed by atoms with Crippen LogP contribution in [0.5, 0.6) is 0 Å². The minimum absolute atomic E-state index is 0.00566. The molecule has 1 saturated carbocycles. The number of carbonyl (C=O) groups is 1. The maximum atomic E-state index is 12.1. The first-order chi connectivity index (χ1) is 9.27. The van der Waals surface area contributed by atoms with Crippen molar-refractivity contribution in [3.63, 3.8) is 0 Å². The van der Waals surface area contributed by atoms with Crippen molar-refractivity contribution in [3.8, 4) is 0 Å². The molecule has 2 atom stereocenters. The highest BCUT2D eigenvalue weighted by Gasteiger charge is 2.26. The summed E-state index contributed by atoms with van der Waals surface area (Å²) >= 11 is 0. The summed E-state index contributed by atoms with van der Waals surface area (Å²) in [6.07, 6.45) is 10.7. The van der Waals surface area contributed by atoms with Gasteiger partial charge in [0, 0.05) is 31.4 Å². The van der Waals surface area contributed by atoms with E-state index in [-0.39, 0.29) is 17.9 Å². The number of nitrogens with zero attached hydrogens (tertiary/aromatic N) is 1. The maximum absolute atomic E-state index is 12.1. The molecule has 0 aromatic carbocycles. The van der Waals surface area contributed by atoms with Crippen LogP contribution in [0.25, 0.3) is 0 Å². The lowest BCUT2D eigenvalue weighted by Gasteiger charge is -2.20. The lowest BCUT2D eigenvalue weighted by Crippen LogP contribution is -2.41. The number of aryl methyl sites for hydroxylation is 1. The zero-order valence-electron chi connectivity index (χ0n) is 11.4. The summed E-state index contributed by atoms with van der Waals surface area (Å²) in [6.45, 7) is 0.697. The highest BCUT2D eigenvalue weighted by atomic mass is 16.1. The second-order valence-corrected chi connectivity index (χ2v) is 5.34.